The Morgan fingerprint density at radius 1 is 0.971 bits per heavy atom. The van der Waals surface area contributed by atoms with Crippen LogP contribution < -0.4 is 5.32 Å². The second kappa shape index (κ2) is 11.2. The first-order chi connectivity index (χ1) is 16.6. The Kier molecular flexibility index (Phi) is 7.60. The molecule has 0 amide bonds. The second-order valence-corrected chi connectivity index (χ2v) is 7.86. The summed E-state index contributed by atoms with van der Waals surface area (Å²) >= 11 is 0. The number of nitrogens with zero attached hydrogens (tertiary/aromatic N) is 2. The average molecular weight is 456 g/mol. The van der Waals surface area contributed by atoms with Crippen LogP contribution in [0.4, 0.5) is 10.2 Å². The molecule has 0 aliphatic carbocycles. The van der Waals surface area contributed by atoms with Gasteiger partial charge in [0.25, 0.3) is 0 Å². The summed E-state index contributed by atoms with van der Waals surface area (Å²) in [4.78, 5) is 22.3. The molecule has 6 heteroatoms. The lowest BCUT2D eigenvalue weighted by atomic mass is 10.0. The Labute approximate surface area is 198 Å². The van der Waals surface area contributed by atoms with Crippen molar-refractivity contribution in [2.45, 2.75) is 25.8 Å². The molecule has 4 rings (SSSR count). The van der Waals surface area contributed by atoms with Gasteiger partial charge in [-0.1, -0.05) is 72.8 Å². The van der Waals surface area contributed by atoms with E-state index < -0.39 is 12.0 Å². The van der Waals surface area contributed by atoms with Gasteiger partial charge in [0.1, 0.15) is 17.7 Å². The van der Waals surface area contributed by atoms with Crippen LogP contribution in [0.5, 0.6) is 0 Å². The van der Waals surface area contributed by atoms with Crippen molar-refractivity contribution in [3.8, 4) is 11.3 Å². The quantitative estimate of drug-likeness (QED) is 0.340. The molecule has 1 N–H and O–H groups in total. The molecule has 0 aliphatic heterocycles. The SMILES string of the molecule is CCOC(=O)C(Cc1cccc(F)c1)Nc1ncc(-c2ccccc2)nc1Cc1ccccc1. The van der Waals surface area contributed by atoms with E-state index >= 15 is 0 Å². The van der Waals surface area contributed by atoms with E-state index in [9.17, 15) is 9.18 Å². The lowest BCUT2D eigenvalue weighted by molar-refractivity contribution is -0.144. The van der Waals surface area contributed by atoms with Crippen molar-refractivity contribution >= 4 is 11.8 Å². The summed E-state index contributed by atoms with van der Waals surface area (Å²) in [6.45, 7) is 2.00. The highest BCUT2D eigenvalue weighted by molar-refractivity contribution is 5.79. The summed E-state index contributed by atoms with van der Waals surface area (Å²) in [5, 5.41) is 3.23. The van der Waals surface area contributed by atoms with Gasteiger partial charge in [-0.2, -0.15) is 0 Å². The molecule has 1 aromatic heterocycles. The highest BCUT2D eigenvalue weighted by Crippen LogP contribution is 2.23. The van der Waals surface area contributed by atoms with Crippen molar-refractivity contribution in [1.82, 2.24) is 9.97 Å². The number of halogens is 1. The maximum absolute atomic E-state index is 13.7. The minimum absolute atomic E-state index is 0.246. The summed E-state index contributed by atoms with van der Waals surface area (Å²) in [7, 11) is 0. The number of aromatic nitrogens is 2. The molecule has 0 aliphatic rings. The van der Waals surface area contributed by atoms with Gasteiger partial charge < -0.3 is 10.1 Å². The van der Waals surface area contributed by atoms with Crippen LogP contribution in [0.2, 0.25) is 0 Å². The van der Waals surface area contributed by atoms with Gasteiger partial charge in [0, 0.05) is 18.4 Å². The third kappa shape index (κ3) is 6.04. The topological polar surface area (TPSA) is 64.1 Å². The molecule has 1 heterocycles. The molecule has 0 radical (unpaired) electrons. The molecule has 4 aromatic rings. The van der Waals surface area contributed by atoms with Gasteiger partial charge in [-0.15, -0.1) is 0 Å². The molecular formula is C28H26FN3O2. The first-order valence-electron chi connectivity index (χ1n) is 11.2. The van der Waals surface area contributed by atoms with Crippen LogP contribution in [-0.4, -0.2) is 28.6 Å². The van der Waals surface area contributed by atoms with Crippen LogP contribution >= 0.6 is 0 Å². The van der Waals surface area contributed by atoms with E-state index in [-0.39, 0.29) is 18.8 Å². The number of hydrogen-bond donors (Lipinski definition) is 1. The summed E-state index contributed by atoms with van der Waals surface area (Å²) in [6, 6.07) is 25.2. The lowest BCUT2D eigenvalue weighted by Gasteiger charge is -2.20. The molecule has 5 nitrogen and oxygen atoms in total. The van der Waals surface area contributed by atoms with E-state index in [2.05, 4.69) is 10.3 Å². The molecule has 1 unspecified atom stereocenters. The van der Waals surface area contributed by atoms with Gasteiger partial charge in [-0.05, 0) is 30.2 Å². The lowest BCUT2D eigenvalue weighted by Crippen LogP contribution is -2.34. The predicted molar refractivity (Wildman–Crippen MR) is 131 cm³/mol. The monoisotopic (exact) mass is 455 g/mol. The number of carbonyl (C=O) groups excluding carboxylic acids is 1. The number of rotatable bonds is 9. The molecule has 0 saturated carbocycles. The zero-order chi connectivity index (χ0) is 23.8. The van der Waals surface area contributed by atoms with Crippen LogP contribution in [0.15, 0.2) is 91.1 Å². The minimum atomic E-state index is -0.742. The fourth-order valence-corrected chi connectivity index (χ4v) is 3.71. The summed E-state index contributed by atoms with van der Waals surface area (Å²) in [6.07, 6.45) is 2.48. The molecule has 3 aromatic carbocycles. The maximum Gasteiger partial charge on any atom is 0.328 e. The third-order valence-corrected chi connectivity index (χ3v) is 5.34. The molecule has 0 fully saturated rings. The van der Waals surface area contributed by atoms with Gasteiger partial charge in [0.05, 0.1) is 24.2 Å². The van der Waals surface area contributed by atoms with Gasteiger partial charge in [-0.25, -0.2) is 19.2 Å². The molecule has 172 valence electrons. The highest BCUT2D eigenvalue weighted by Gasteiger charge is 2.23. The first-order valence-corrected chi connectivity index (χ1v) is 11.2. The smallest absolute Gasteiger partial charge is 0.328 e. The van der Waals surface area contributed by atoms with E-state index in [0.29, 0.717) is 23.5 Å². The van der Waals surface area contributed by atoms with E-state index in [1.165, 1.54) is 12.1 Å². The number of esters is 1. The number of hydrogen-bond acceptors (Lipinski definition) is 5. The Hall–Kier alpha value is -4.06. The van der Waals surface area contributed by atoms with Gasteiger partial charge >= 0.3 is 5.97 Å². The van der Waals surface area contributed by atoms with Crippen molar-refractivity contribution in [3.63, 3.8) is 0 Å². The standard InChI is InChI=1S/C28H26FN3O2/c1-2-34-28(33)25(18-21-12-9-15-23(29)16-21)32-27-24(17-20-10-5-3-6-11-20)31-26(19-30-27)22-13-7-4-8-14-22/h3-16,19,25H,2,17-18H2,1H3,(H,30,32). The maximum atomic E-state index is 13.7. The number of nitrogens with one attached hydrogen (secondary N) is 1. The van der Waals surface area contributed by atoms with Crippen molar-refractivity contribution in [2.24, 2.45) is 0 Å². The van der Waals surface area contributed by atoms with Crippen LogP contribution in [0.25, 0.3) is 11.3 Å². The van der Waals surface area contributed by atoms with Crippen LogP contribution in [0.1, 0.15) is 23.7 Å². The van der Waals surface area contributed by atoms with Crippen LogP contribution in [0.3, 0.4) is 0 Å². The fraction of sp³-hybridized carbons (Fsp3) is 0.179. The second-order valence-electron chi connectivity index (χ2n) is 7.86. The van der Waals surface area contributed by atoms with Crippen molar-refractivity contribution in [1.29, 1.82) is 0 Å². The number of ether oxygens (including phenoxy) is 1. The van der Waals surface area contributed by atoms with Gasteiger partial charge in [0.2, 0.25) is 0 Å². The normalized spacial score (nSPS) is 11.6. The fourth-order valence-electron chi connectivity index (χ4n) is 3.71. The third-order valence-electron chi connectivity index (χ3n) is 5.34. The predicted octanol–water partition coefficient (Wildman–Crippen LogP) is 5.46. The Morgan fingerprint density at radius 2 is 1.68 bits per heavy atom. The first kappa shape index (κ1) is 23.1. The Morgan fingerprint density at radius 3 is 2.38 bits per heavy atom. The highest BCUT2D eigenvalue weighted by atomic mass is 19.1. The summed E-state index contributed by atoms with van der Waals surface area (Å²) < 4.78 is 19.0. The van der Waals surface area contributed by atoms with Crippen molar-refractivity contribution in [3.05, 3.63) is 114 Å². The molecule has 0 bridgehead atoms. The molecule has 0 saturated heterocycles. The minimum Gasteiger partial charge on any atom is -0.464 e. The van der Waals surface area contributed by atoms with E-state index in [1.807, 2.05) is 60.7 Å². The summed E-state index contributed by atoms with van der Waals surface area (Å²) in [5.41, 5.74) is 4.17. The largest absolute Gasteiger partial charge is 0.464 e. The number of benzene rings is 3. The van der Waals surface area contributed by atoms with Crippen LogP contribution in [-0.2, 0) is 22.4 Å². The van der Waals surface area contributed by atoms with Crippen molar-refractivity contribution in [2.75, 3.05) is 11.9 Å². The molecule has 1 atom stereocenters. The Bertz CT molecular complexity index is 1230. The number of anilines is 1. The van der Waals surface area contributed by atoms with E-state index in [0.717, 1.165) is 16.8 Å². The van der Waals surface area contributed by atoms with E-state index in [1.54, 1.807) is 25.3 Å². The van der Waals surface area contributed by atoms with Gasteiger partial charge in [0.15, 0.2) is 0 Å². The molecular weight excluding hydrogens is 429 g/mol. The van der Waals surface area contributed by atoms with Crippen molar-refractivity contribution < 1.29 is 13.9 Å². The zero-order valence-electron chi connectivity index (χ0n) is 18.9. The molecule has 34 heavy (non-hydrogen) atoms. The average Bonchev–Trinajstić information content (AvgIpc) is 2.86. The Balaban J connectivity index is 1.68. The zero-order valence-corrected chi connectivity index (χ0v) is 18.9. The number of carbonyl (C=O) groups is 1. The van der Waals surface area contributed by atoms with E-state index in [4.69, 9.17) is 9.72 Å². The van der Waals surface area contributed by atoms with Crippen LogP contribution in [0, 0.1) is 5.82 Å². The van der Waals surface area contributed by atoms with Gasteiger partial charge in [-0.3, -0.25) is 0 Å². The summed E-state index contributed by atoms with van der Waals surface area (Å²) in [5.74, 6) is -0.277. The molecule has 0 spiro atoms.